The highest BCUT2D eigenvalue weighted by atomic mass is 32.2. The zero-order chi connectivity index (χ0) is 19.3. The van der Waals surface area contributed by atoms with Gasteiger partial charge in [-0.25, -0.2) is 8.42 Å². The molecule has 8 nitrogen and oxygen atoms in total. The summed E-state index contributed by atoms with van der Waals surface area (Å²) in [7, 11) is -3.64. The monoisotopic (exact) mass is 386 g/mol. The Labute approximate surface area is 156 Å². The largest absolute Gasteiger partial charge is 0.350 e. The van der Waals surface area contributed by atoms with Crippen molar-refractivity contribution >= 4 is 27.7 Å². The summed E-state index contributed by atoms with van der Waals surface area (Å²) in [6.45, 7) is -0.104. The molecule has 0 bridgehead atoms. The van der Waals surface area contributed by atoms with Crippen LogP contribution < -0.4 is 15.4 Å². The van der Waals surface area contributed by atoms with E-state index >= 15 is 0 Å². The van der Waals surface area contributed by atoms with Gasteiger partial charge >= 0.3 is 0 Å². The third-order valence-electron chi connectivity index (χ3n) is 3.82. The molecule has 2 aromatic rings. The Morgan fingerprint density at radius 2 is 1.63 bits per heavy atom. The lowest BCUT2D eigenvalue weighted by Crippen LogP contribution is -2.37. The number of hydrogen-bond acceptors (Lipinski definition) is 5. The first-order valence-electron chi connectivity index (χ1n) is 8.20. The van der Waals surface area contributed by atoms with Gasteiger partial charge in [0.25, 0.3) is 10.0 Å². The third kappa shape index (κ3) is 4.70. The lowest BCUT2D eigenvalue weighted by molar-refractivity contribution is -0.125. The van der Waals surface area contributed by atoms with Crippen molar-refractivity contribution in [2.75, 3.05) is 13.1 Å². The van der Waals surface area contributed by atoms with Gasteiger partial charge in [0.1, 0.15) is 12.4 Å². The number of carbonyl (C=O) groups is 2. The Bertz CT molecular complexity index is 987. The number of benzene rings is 2. The fourth-order valence-electron chi connectivity index (χ4n) is 2.50. The number of rotatable bonds is 6. The Morgan fingerprint density at radius 3 is 2.41 bits per heavy atom. The molecule has 27 heavy (non-hydrogen) atoms. The summed E-state index contributed by atoms with van der Waals surface area (Å²) in [5, 5.41) is 5.15. The van der Waals surface area contributed by atoms with Crippen LogP contribution in [0.4, 0.5) is 0 Å². The number of sulfonamides is 1. The van der Waals surface area contributed by atoms with E-state index in [4.69, 9.17) is 0 Å². The van der Waals surface area contributed by atoms with Gasteiger partial charge in [-0.1, -0.05) is 42.5 Å². The van der Waals surface area contributed by atoms with Crippen LogP contribution >= 0.6 is 0 Å². The quantitative estimate of drug-likeness (QED) is 0.655. The molecule has 2 amide bonds. The molecule has 1 aliphatic rings. The molecule has 0 spiro atoms. The van der Waals surface area contributed by atoms with E-state index in [-0.39, 0.29) is 29.7 Å². The zero-order valence-electron chi connectivity index (χ0n) is 14.3. The number of nitrogens with one attached hydrogen (secondary N) is 3. The normalized spacial score (nSPS) is 15.6. The van der Waals surface area contributed by atoms with Gasteiger partial charge in [-0.05, 0) is 17.7 Å². The minimum Gasteiger partial charge on any atom is -0.350 e. The molecule has 0 unspecified atom stereocenters. The standard InChI is InChI=1S/C18H18N4O4S/c23-16(19-10-13-6-2-1-3-7-13)11-20-17(24)12-21-18-14-8-4-5-9-15(14)27(25,26)22-18/h1-9H,10-12H2,(H,19,23)(H,20,24)(H,21,22). The number of carbonyl (C=O) groups excluding carboxylic acids is 2. The fraction of sp³-hybridized carbons (Fsp3) is 0.167. The topological polar surface area (TPSA) is 117 Å². The van der Waals surface area contributed by atoms with Crippen LogP contribution in [0.3, 0.4) is 0 Å². The molecule has 0 aromatic heterocycles. The summed E-state index contributed by atoms with van der Waals surface area (Å²) in [4.78, 5) is 27.8. The molecule has 0 radical (unpaired) electrons. The number of hydrogen-bond donors (Lipinski definition) is 3. The third-order valence-corrected chi connectivity index (χ3v) is 5.22. The van der Waals surface area contributed by atoms with Crippen LogP contribution in [-0.4, -0.2) is 39.2 Å². The number of amides is 2. The first-order valence-corrected chi connectivity index (χ1v) is 9.68. The smallest absolute Gasteiger partial charge is 0.263 e. The number of amidine groups is 1. The predicted octanol–water partition coefficient (Wildman–Crippen LogP) is 0.158. The van der Waals surface area contributed by atoms with Crippen molar-refractivity contribution in [3.63, 3.8) is 0 Å². The number of nitrogens with zero attached hydrogens (tertiary/aromatic N) is 1. The second-order valence-corrected chi connectivity index (χ2v) is 7.46. The Morgan fingerprint density at radius 1 is 0.926 bits per heavy atom. The molecule has 3 N–H and O–H groups in total. The van der Waals surface area contributed by atoms with E-state index < -0.39 is 15.9 Å². The average Bonchev–Trinajstić information content (AvgIpc) is 2.94. The van der Waals surface area contributed by atoms with Crippen LogP contribution in [0.5, 0.6) is 0 Å². The zero-order valence-corrected chi connectivity index (χ0v) is 15.1. The van der Waals surface area contributed by atoms with Crippen LogP contribution in [0.15, 0.2) is 64.5 Å². The van der Waals surface area contributed by atoms with Crippen molar-refractivity contribution in [1.29, 1.82) is 0 Å². The van der Waals surface area contributed by atoms with E-state index in [2.05, 4.69) is 20.3 Å². The highest BCUT2D eigenvalue weighted by molar-refractivity contribution is 7.90. The van der Waals surface area contributed by atoms with Gasteiger partial charge in [-0.3, -0.25) is 19.3 Å². The first-order chi connectivity index (χ1) is 13.0. The molecule has 0 saturated carbocycles. The lowest BCUT2D eigenvalue weighted by atomic mass is 10.2. The van der Waals surface area contributed by atoms with Crippen LogP contribution in [0.25, 0.3) is 0 Å². The van der Waals surface area contributed by atoms with Crippen molar-refractivity contribution in [2.45, 2.75) is 11.4 Å². The maximum absolute atomic E-state index is 12.0. The summed E-state index contributed by atoms with van der Waals surface area (Å²) in [5.41, 5.74) is 1.38. The lowest BCUT2D eigenvalue weighted by Gasteiger charge is -2.06. The molecule has 0 aliphatic carbocycles. The van der Waals surface area contributed by atoms with E-state index in [9.17, 15) is 18.0 Å². The van der Waals surface area contributed by atoms with Crippen molar-refractivity contribution in [3.8, 4) is 0 Å². The summed E-state index contributed by atoms with van der Waals surface area (Å²) in [5.74, 6) is -0.693. The van der Waals surface area contributed by atoms with Gasteiger partial charge in [0, 0.05) is 12.1 Å². The van der Waals surface area contributed by atoms with Gasteiger partial charge < -0.3 is 10.6 Å². The highest BCUT2D eigenvalue weighted by Crippen LogP contribution is 2.21. The van der Waals surface area contributed by atoms with Crippen molar-refractivity contribution in [2.24, 2.45) is 4.99 Å². The van der Waals surface area contributed by atoms with Gasteiger partial charge in [0.2, 0.25) is 11.8 Å². The Hall–Kier alpha value is -3.20. The molecule has 0 fully saturated rings. The van der Waals surface area contributed by atoms with E-state index in [0.717, 1.165) is 5.56 Å². The Balaban J connectivity index is 1.49. The van der Waals surface area contributed by atoms with E-state index in [0.29, 0.717) is 12.1 Å². The van der Waals surface area contributed by atoms with E-state index in [1.807, 2.05) is 30.3 Å². The maximum atomic E-state index is 12.0. The van der Waals surface area contributed by atoms with Crippen molar-refractivity contribution in [3.05, 3.63) is 65.7 Å². The molecular formula is C18H18N4O4S. The molecule has 9 heteroatoms. The predicted molar refractivity (Wildman–Crippen MR) is 99.5 cm³/mol. The van der Waals surface area contributed by atoms with Gasteiger partial charge in [0.05, 0.1) is 11.4 Å². The SMILES string of the molecule is O=C(CN=C1NS(=O)(=O)c2ccccc21)NCC(=O)NCc1ccccc1. The minimum absolute atomic E-state index is 0.120. The highest BCUT2D eigenvalue weighted by Gasteiger charge is 2.30. The van der Waals surface area contributed by atoms with Crippen molar-refractivity contribution in [1.82, 2.24) is 15.4 Å². The maximum Gasteiger partial charge on any atom is 0.263 e. The number of fused-ring (bicyclic) bond motifs is 1. The van der Waals surface area contributed by atoms with Crippen LogP contribution in [0.2, 0.25) is 0 Å². The van der Waals surface area contributed by atoms with Gasteiger partial charge in [-0.15, -0.1) is 0 Å². The molecule has 0 saturated heterocycles. The van der Waals surface area contributed by atoms with Crippen molar-refractivity contribution < 1.29 is 18.0 Å². The van der Waals surface area contributed by atoms with E-state index in [1.165, 1.54) is 6.07 Å². The molecular weight excluding hydrogens is 368 g/mol. The Kier molecular flexibility index (Phi) is 5.51. The molecule has 0 atom stereocenters. The summed E-state index contributed by atoms with van der Waals surface area (Å²) >= 11 is 0. The second-order valence-electron chi connectivity index (χ2n) is 5.81. The summed E-state index contributed by atoms with van der Waals surface area (Å²) in [6, 6.07) is 15.8. The van der Waals surface area contributed by atoms with Crippen LogP contribution in [-0.2, 0) is 26.2 Å². The van der Waals surface area contributed by atoms with Crippen LogP contribution in [0, 0.1) is 0 Å². The van der Waals surface area contributed by atoms with Gasteiger partial charge in [-0.2, -0.15) is 0 Å². The second kappa shape index (κ2) is 8.00. The summed E-state index contributed by atoms with van der Waals surface area (Å²) < 4.78 is 26.3. The fourth-order valence-corrected chi connectivity index (χ4v) is 3.75. The minimum atomic E-state index is -3.64. The number of aliphatic imine (C=N–C) groups is 1. The molecule has 1 aliphatic heterocycles. The average molecular weight is 386 g/mol. The molecule has 1 heterocycles. The van der Waals surface area contributed by atoms with Gasteiger partial charge in [0.15, 0.2) is 0 Å². The molecule has 2 aromatic carbocycles. The van der Waals surface area contributed by atoms with E-state index in [1.54, 1.807) is 18.2 Å². The molecule has 140 valence electrons. The first kappa shape index (κ1) is 18.6. The molecule has 3 rings (SSSR count). The van der Waals surface area contributed by atoms with Crippen LogP contribution in [0.1, 0.15) is 11.1 Å². The summed E-state index contributed by atoms with van der Waals surface area (Å²) in [6.07, 6.45) is 0.